The molecule has 1 aromatic rings. The Morgan fingerprint density at radius 1 is 1.73 bits per heavy atom. The van der Waals surface area contributed by atoms with E-state index in [1.807, 2.05) is 5.38 Å². The van der Waals surface area contributed by atoms with Gasteiger partial charge in [-0.15, -0.1) is 11.3 Å². The molecule has 0 aromatic carbocycles. The van der Waals surface area contributed by atoms with E-state index in [4.69, 9.17) is 5.73 Å². The molecular weight excluding hydrogens is 154 g/mol. The zero-order valence-corrected chi connectivity index (χ0v) is 7.74. The summed E-state index contributed by atoms with van der Waals surface area (Å²) in [5.41, 5.74) is 8.25. The minimum atomic E-state index is 0.915. The second kappa shape index (κ2) is 3.58. The zero-order chi connectivity index (χ0) is 8.27. The van der Waals surface area contributed by atoms with Gasteiger partial charge in [0.2, 0.25) is 0 Å². The second-order valence-electron chi connectivity index (χ2n) is 2.58. The maximum atomic E-state index is 5.72. The van der Waals surface area contributed by atoms with Gasteiger partial charge in [-0.1, -0.05) is 18.6 Å². The first-order valence-electron chi connectivity index (χ1n) is 3.74. The molecule has 0 amide bonds. The standard InChI is InChI=1S/C9H13NS/c1-3-7(2)6-8-4-5-11-9(8)10/h4-6H,3,10H2,1-2H3/b7-6+. The van der Waals surface area contributed by atoms with Crippen LogP contribution in [0.15, 0.2) is 17.0 Å². The normalized spacial score (nSPS) is 12.0. The van der Waals surface area contributed by atoms with Gasteiger partial charge < -0.3 is 5.73 Å². The Morgan fingerprint density at radius 3 is 2.91 bits per heavy atom. The van der Waals surface area contributed by atoms with Gasteiger partial charge in [0.1, 0.15) is 0 Å². The van der Waals surface area contributed by atoms with Crippen LogP contribution in [-0.4, -0.2) is 0 Å². The van der Waals surface area contributed by atoms with Crippen LogP contribution in [0.4, 0.5) is 5.00 Å². The lowest BCUT2D eigenvalue weighted by Crippen LogP contribution is -1.81. The molecule has 0 aliphatic carbocycles. The molecule has 2 heteroatoms. The summed E-state index contributed by atoms with van der Waals surface area (Å²) in [6, 6.07) is 2.05. The summed E-state index contributed by atoms with van der Waals surface area (Å²) in [4.78, 5) is 0. The fraction of sp³-hybridized carbons (Fsp3) is 0.333. The van der Waals surface area contributed by atoms with E-state index in [0.29, 0.717) is 0 Å². The van der Waals surface area contributed by atoms with Crippen molar-refractivity contribution in [3.05, 3.63) is 22.6 Å². The third-order valence-electron chi connectivity index (χ3n) is 1.69. The van der Waals surface area contributed by atoms with Gasteiger partial charge in [0.25, 0.3) is 0 Å². The lowest BCUT2D eigenvalue weighted by atomic mass is 10.1. The molecule has 11 heavy (non-hydrogen) atoms. The second-order valence-corrected chi connectivity index (χ2v) is 3.53. The van der Waals surface area contributed by atoms with Gasteiger partial charge in [-0.05, 0) is 24.8 Å². The quantitative estimate of drug-likeness (QED) is 0.719. The Bertz CT molecular complexity index is 260. The number of thiophene rings is 1. The fourth-order valence-electron chi connectivity index (χ4n) is 0.818. The molecule has 0 bridgehead atoms. The molecule has 1 rings (SSSR count). The Kier molecular flexibility index (Phi) is 2.71. The van der Waals surface area contributed by atoms with E-state index in [-0.39, 0.29) is 0 Å². The van der Waals surface area contributed by atoms with Crippen LogP contribution in [-0.2, 0) is 0 Å². The van der Waals surface area contributed by atoms with Crippen LogP contribution in [0.25, 0.3) is 6.08 Å². The van der Waals surface area contributed by atoms with Crippen molar-refractivity contribution in [2.45, 2.75) is 20.3 Å². The third kappa shape index (κ3) is 2.09. The molecule has 0 saturated heterocycles. The number of hydrogen-bond acceptors (Lipinski definition) is 2. The predicted molar refractivity (Wildman–Crippen MR) is 52.7 cm³/mol. The molecule has 2 N–H and O–H groups in total. The van der Waals surface area contributed by atoms with Gasteiger partial charge in [-0.2, -0.15) is 0 Å². The lowest BCUT2D eigenvalue weighted by Gasteiger charge is -1.94. The van der Waals surface area contributed by atoms with E-state index in [0.717, 1.165) is 17.0 Å². The van der Waals surface area contributed by atoms with E-state index in [1.165, 1.54) is 5.57 Å². The molecule has 0 unspecified atom stereocenters. The average Bonchev–Trinajstić information content (AvgIpc) is 2.37. The SMILES string of the molecule is CC/C(C)=C/c1ccsc1N. The number of nitrogens with two attached hydrogens (primary N) is 1. The maximum Gasteiger partial charge on any atom is 0.0929 e. The summed E-state index contributed by atoms with van der Waals surface area (Å²) in [7, 11) is 0. The summed E-state index contributed by atoms with van der Waals surface area (Å²) in [5.74, 6) is 0. The summed E-state index contributed by atoms with van der Waals surface area (Å²) in [6.45, 7) is 4.27. The largest absolute Gasteiger partial charge is 0.390 e. The third-order valence-corrected chi connectivity index (χ3v) is 2.45. The van der Waals surface area contributed by atoms with Crippen LogP contribution in [0.1, 0.15) is 25.8 Å². The molecule has 60 valence electrons. The molecule has 1 nitrogen and oxygen atoms in total. The summed E-state index contributed by atoms with van der Waals surface area (Å²) in [6.07, 6.45) is 3.24. The van der Waals surface area contributed by atoms with Gasteiger partial charge >= 0.3 is 0 Å². The van der Waals surface area contributed by atoms with E-state index in [2.05, 4.69) is 26.0 Å². The minimum absolute atomic E-state index is 0.915. The Morgan fingerprint density at radius 2 is 2.45 bits per heavy atom. The Balaban J connectivity index is 2.86. The summed E-state index contributed by atoms with van der Waals surface area (Å²) in [5, 5.41) is 2.93. The van der Waals surface area contributed by atoms with Gasteiger partial charge in [-0.3, -0.25) is 0 Å². The molecule has 0 spiro atoms. The van der Waals surface area contributed by atoms with Crippen molar-refractivity contribution < 1.29 is 0 Å². The van der Waals surface area contributed by atoms with E-state index >= 15 is 0 Å². The van der Waals surface area contributed by atoms with Crippen LogP contribution in [0.3, 0.4) is 0 Å². The molecular formula is C9H13NS. The maximum absolute atomic E-state index is 5.72. The van der Waals surface area contributed by atoms with E-state index < -0.39 is 0 Å². The molecule has 1 heterocycles. The number of hydrogen-bond donors (Lipinski definition) is 1. The van der Waals surface area contributed by atoms with Gasteiger partial charge in [0.05, 0.1) is 5.00 Å². The van der Waals surface area contributed by atoms with Crippen molar-refractivity contribution in [2.75, 3.05) is 5.73 Å². The molecule has 1 aromatic heterocycles. The van der Waals surface area contributed by atoms with Crippen LogP contribution < -0.4 is 5.73 Å². The summed E-state index contributed by atoms with van der Waals surface area (Å²) >= 11 is 1.59. The van der Waals surface area contributed by atoms with E-state index in [1.54, 1.807) is 11.3 Å². The first kappa shape index (κ1) is 8.34. The number of anilines is 1. The molecule has 0 saturated carbocycles. The van der Waals surface area contributed by atoms with Crippen molar-refractivity contribution in [1.29, 1.82) is 0 Å². The van der Waals surface area contributed by atoms with Gasteiger partial charge in [0, 0.05) is 5.56 Å². The molecule has 0 aliphatic heterocycles. The highest BCUT2D eigenvalue weighted by molar-refractivity contribution is 7.14. The van der Waals surface area contributed by atoms with Crippen LogP contribution >= 0.6 is 11.3 Å². The lowest BCUT2D eigenvalue weighted by molar-refractivity contribution is 1.11. The zero-order valence-electron chi connectivity index (χ0n) is 6.92. The van der Waals surface area contributed by atoms with Crippen LogP contribution in [0, 0.1) is 0 Å². The Hall–Kier alpha value is -0.760. The fourth-order valence-corrected chi connectivity index (χ4v) is 1.44. The smallest absolute Gasteiger partial charge is 0.0929 e. The Labute approximate surface area is 71.5 Å². The van der Waals surface area contributed by atoms with Crippen molar-refractivity contribution in [3.63, 3.8) is 0 Å². The first-order valence-corrected chi connectivity index (χ1v) is 4.62. The number of nitrogen functional groups attached to an aromatic ring is 1. The van der Waals surface area contributed by atoms with Crippen molar-refractivity contribution in [1.82, 2.24) is 0 Å². The highest BCUT2D eigenvalue weighted by atomic mass is 32.1. The number of rotatable bonds is 2. The first-order chi connectivity index (χ1) is 5.24. The summed E-state index contributed by atoms with van der Waals surface area (Å²) < 4.78 is 0. The average molecular weight is 167 g/mol. The van der Waals surface area contributed by atoms with Crippen LogP contribution in [0.2, 0.25) is 0 Å². The van der Waals surface area contributed by atoms with Gasteiger partial charge in [-0.25, -0.2) is 0 Å². The predicted octanol–water partition coefficient (Wildman–Crippen LogP) is 3.14. The van der Waals surface area contributed by atoms with Crippen molar-refractivity contribution >= 4 is 22.4 Å². The topological polar surface area (TPSA) is 26.0 Å². The van der Waals surface area contributed by atoms with Gasteiger partial charge in [0.15, 0.2) is 0 Å². The number of allylic oxidation sites excluding steroid dienone is 1. The molecule has 0 atom stereocenters. The minimum Gasteiger partial charge on any atom is -0.390 e. The molecule has 0 radical (unpaired) electrons. The highest BCUT2D eigenvalue weighted by Gasteiger charge is 1.95. The van der Waals surface area contributed by atoms with E-state index in [9.17, 15) is 0 Å². The molecule has 0 fully saturated rings. The highest BCUT2D eigenvalue weighted by Crippen LogP contribution is 2.22. The van der Waals surface area contributed by atoms with Crippen LogP contribution in [0.5, 0.6) is 0 Å². The van der Waals surface area contributed by atoms with Crippen molar-refractivity contribution in [2.24, 2.45) is 0 Å². The monoisotopic (exact) mass is 167 g/mol. The van der Waals surface area contributed by atoms with Crippen molar-refractivity contribution in [3.8, 4) is 0 Å². The molecule has 0 aliphatic rings.